The molecular formula is C16H28N2O4+2. The summed E-state index contributed by atoms with van der Waals surface area (Å²) in [5, 5.41) is 19.1. The van der Waals surface area contributed by atoms with E-state index < -0.39 is 6.10 Å². The Bertz CT molecular complexity index is 419. The predicted molar refractivity (Wildman–Crippen MR) is 82.7 cm³/mol. The molecule has 124 valence electrons. The minimum absolute atomic E-state index is 0.253. The predicted octanol–water partition coefficient (Wildman–Crippen LogP) is -2.79. The van der Waals surface area contributed by atoms with Crippen molar-refractivity contribution in [1.82, 2.24) is 0 Å². The maximum Gasteiger partial charge on any atom is 0.137 e. The molecule has 0 aromatic heterocycles. The Labute approximate surface area is 131 Å². The summed E-state index contributed by atoms with van der Waals surface area (Å²) in [6.07, 6.45) is -0.462. The molecule has 1 aromatic carbocycles. The van der Waals surface area contributed by atoms with E-state index in [2.05, 4.69) is 0 Å². The van der Waals surface area contributed by atoms with Gasteiger partial charge in [0.1, 0.15) is 63.5 Å². The zero-order chi connectivity index (χ0) is 15.8. The van der Waals surface area contributed by atoms with Crippen molar-refractivity contribution in [2.45, 2.75) is 6.10 Å². The number of hydrogen-bond acceptors (Lipinski definition) is 4. The number of rotatable bonds is 8. The Morgan fingerprint density at radius 3 is 2.23 bits per heavy atom. The normalized spacial score (nSPS) is 23.0. The quantitative estimate of drug-likeness (QED) is 0.419. The van der Waals surface area contributed by atoms with E-state index in [4.69, 9.17) is 14.6 Å². The van der Waals surface area contributed by atoms with Crippen molar-refractivity contribution in [1.29, 1.82) is 0 Å². The number of aliphatic hydroxyl groups is 2. The summed E-state index contributed by atoms with van der Waals surface area (Å²) in [5.74, 6) is 1.53. The van der Waals surface area contributed by atoms with Crippen LogP contribution in [0.15, 0.2) is 24.3 Å². The molecule has 1 fully saturated rings. The molecule has 6 heteroatoms. The first-order valence-electron chi connectivity index (χ1n) is 7.94. The van der Waals surface area contributed by atoms with Gasteiger partial charge < -0.3 is 29.5 Å². The Kier molecular flexibility index (Phi) is 6.92. The van der Waals surface area contributed by atoms with Gasteiger partial charge in [-0.1, -0.05) is 0 Å². The maximum absolute atomic E-state index is 10.1. The maximum atomic E-state index is 10.1. The third-order valence-electron chi connectivity index (χ3n) is 4.16. The summed E-state index contributed by atoms with van der Waals surface area (Å²) in [6.45, 7) is 6.29. The molecule has 1 aromatic rings. The molecule has 1 heterocycles. The summed E-state index contributed by atoms with van der Waals surface area (Å²) in [4.78, 5) is 2.86. The highest BCUT2D eigenvalue weighted by molar-refractivity contribution is 5.31. The van der Waals surface area contributed by atoms with Crippen LogP contribution in [0.25, 0.3) is 0 Å². The lowest BCUT2D eigenvalue weighted by atomic mass is 10.2. The molecule has 6 nitrogen and oxygen atoms in total. The van der Waals surface area contributed by atoms with Crippen molar-refractivity contribution in [3.63, 3.8) is 0 Å². The summed E-state index contributed by atoms with van der Waals surface area (Å²) < 4.78 is 10.7. The second-order valence-electron chi connectivity index (χ2n) is 5.82. The summed E-state index contributed by atoms with van der Waals surface area (Å²) in [5.41, 5.74) is 0. The van der Waals surface area contributed by atoms with Crippen molar-refractivity contribution < 1.29 is 29.5 Å². The fourth-order valence-electron chi connectivity index (χ4n) is 2.83. The summed E-state index contributed by atoms with van der Waals surface area (Å²) >= 11 is 0. The van der Waals surface area contributed by atoms with Crippen LogP contribution in [0.4, 0.5) is 0 Å². The highest BCUT2D eigenvalue weighted by Gasteiger charge is 2.24. The Hall–Kier alpha value is -1.34. The van der Waals surface area contributed by atoms with Crippen molar-refractivity contribution in [2.75, 3.05) is 59.6 Å². The number of hydrogen-bond donors (Lipinski definition) is 4. The molecule has 1 aliphatic rings. The first-order valence-corrected chi connectivity index (χ1v) is 7.94. The summed E-state index contributed by atoms with van der Waals surface area (Å²) in [7, 11) is 1.63. The second kappa shape index (κ2) is 8.95. The van der Waals surface area contributed by atoms with Crippen LogP contribution in [0.1, 0.15) is 0 Å². The van der Waals surface area contributed by atoms with Gasteiger partial charge in [0.05, 0.1) is 13.7 Å². The van der Waals surface area contributed by atoms with Crippen LogP contribution in [-0.2, 0) is 0 Å². The van der Waals surface area contributed by atoms with Crippen molar-refractivity contribution in [3.05, 3.63) is 24.3 Å². The van der Waals surface area contributed by atoms with Crippen molar-refractivity contribution >= 4 is 0 Å². The number of aliphatic hydroxyl groups excluding tert-OH is 2. The van der Waals surface area contributed by atoms with E-state index in [1.807, 2.05) is 24.3 Å². The van der Waals surface area contributed by atoms with Gasteiger partial charge in [0.25, 0.3) is 0 Å². The van der Waals surface area contributed by atoms with Crippen LogP contribution >= 0.6 is 0 Å². The van der Waals surface area contributed by atoms with Gasteiger partial charge >= 0.3 is 0 Å². The highest BCUT2D eigenvalue weighted by Crippen LogP contribution is 2.16. The number of piperazine rings is 1. The zero-order valence-electron chi connectivity index (χ0n) is 13.3. The van der Waals surface area contributed by atoms with Gasteiger partial charge in [0.15, 0.2) is 0 Å². The molecule has 4 N–H and O–H groups in total. The van der Waals surface area contributed by atoms with E-state index in [1.165, 1.54) is 9.80 Å². The third kappa shape index (κ3) is 5.46. The minimum atomic E-state index is -0.462. The Balaban J connectivity index is 1.66. The van der Waals surface area contributed by atoms with Crippen LogP contribution in [-0.4, -0.2) is 75.9 Å². The lowest BCUT2D eigenvalue weighted by molar-refractivity contribution is -1.01. The first-order chi connectivity index (χ1) is 10.7. The van der Waals surface area contributed by atoms with E-state index in [0.717, 1.165) is 44.2 Å². The van der Waals surface area contributed by atoms with Gasteiger partial charge in [-0.05, 0) is 24.3 Å². The molecule has 0 bridgehead atoms. The number of methoxy groups -OCH3 is 1. The van der Waals surface area contributed by atoms with E-state index in [-0.39, 0.29) is 6.61 Å². The largest absolute Gasteiger partial charge is 0.497 e. The number of ether oxygens (including phenoxy) is 2. The van der Waals surface area contributed by atoms with Gasteiger partial charge in [0.2, 0.25) is 0 Å². The van der Waals surface area contributed by atoms with Crippen molar-refractivity contribution in [2.24, 2.45) is 0 Å². The molecule has 1 unspecified atom stereocenters. The smallest absolute Gasteiger partial charge is 0.137 e. The molecule has 1 saturated heterocycles. The second-order valence-corrected chi connectivity index (χ2v) is 5.82. The number of nitrogens with one attached hydrogen (secondary N) is 2. The Morgan fingerprint density at radius 1 is 1.05 bits per heavy atom. The fraction of sp³-hybridized carbons (Fsp3) is 0.625. The lowest BCUT2D eigenvalue weighted by Gasteiger charge is -2.30. The van der Waals surface area contributed by atoms with Crippen LogP contribution in [0.3, 0.4) is 0 Å². The standard InChI is InChI=1S/C16H26N2O4/c1-21-15-2-4-16(5-3-15)22-13-14(20)12-18-8-6-17(7-9-18)10-11-19/h2-5,14,19-20H,6-13H2,1H3/p+2. The lowest BCUT2D eigenvalue weighted by Crippen LogP contribution is -3.28. The van der Waals surface area contributed by atoms with Gasteiger partial charge in [0, 0.05) is 0 Å². The molecule has 0 amide bonds. The monoisotopic (exact) mass is 312 g/mol. The van der Waals surface area contributed by atoms with Gasteiger partial charge in [-0.2, -0.15) is 0 Å². The SMILES string of the molecule is COc1ccc(OCC(O)C[NH+]2CC[NH+](CCO)CC2)cc1. The van der Waals surface area contributed by atoms with Gasteiger partial charge in [-0.25, -0.2) is 0 Å². The van der Waals surface area contributed by atoms with E-state index in [1.54, 1.807) is 7.11 Å². The molecule has 0 spiro atoms. The molecule has 0 radical (unpaired) electrons. The van der Waals surface area contributed by atoms with E-state index in [9.17, 15) is 5.11 Å². The van der Waals surface area contributed by atoms with E-state index >= 15 is 0 Å². The molecule has 1 atom stereocenters. The van der Waals surface area contributed by atoms with Crippen LogP contribution in [0.5, 0.6) is 11.5 Å². The highest BCUT2D eigenvalue weighted by atomic mass is 16.5. The molecule has 22 heavy (non-hydrogen) atoms. The molecular weight excluding hydrogens is 284 g/mol. The first kappa shape index (κ1) is 17.0. The fourth-order valence-corrected chi connectivity index (χ4v) is 2.83. The van der Waals surface area contributed by atoms with Gasteiger partial charge in [-0.15, -0.1) is 0 Å². The topological polar surface area (TPSA) is 67.8 Å². The van der Waals surface area contributed by atoms with Crippen LogP contribution in [0.2, 0.25) is 0 Å². The summed E-state index contributed by atoms with van der Waals surface area (Å²) in [6, 6.07) is 7.37. The van der Waals surface area contributed by atoms with Gasteiger partial charge in [-0.3, -0.25) is 0 Å². The molecule has 2 rings (SSSR count). The average molecular weight is 312 g/mol. The molecule has 1 aliphatic heterocycles. The van der Waals surface area contributed by atoms with Crippen molar-refractivity contribution in [3.8, 4) is 11.5 Å². The minimum Gasteiger partial charge on any atom is -0.497 e. The molecule has 0 aliphatic carbocycles. The third-order valence-corrected chi connectivity index (χ3v) is 4.16. The Morgan fingerprint density at radius 2 is 1.64 bits per heavy atom. The van der Waals surface area contributed by atoms with Crippen LogP contribution in [0, 0.1) is 0 Å². The number of benzene rings is 1. The number of quaternary nitrogens is 2. The van der Waals surface area contributed by atoms with Crippen LogP contribution < -0.4 is 19.3 Å². The molecule has 0 saturated carbocycles. The zero-order valence-corrected chi connectivity index (χ0v) is 13.3. The average Bonchev–Trinajstić information content (AvgIpc) is 2.55. The van der Waals surface area contributed by atoms with E-state index in [0.29, 0.717) is 13.2 Å².